The first-order chi connectivity index (χ1) is 17.8. The average Bonchev–Trinajstić information content (AvgIpc) is 2.85. The van der Waals surface area contributed by atoms with Crippen molar-refractivity contribution < 1.29 is 36.2 Å². The molecule has 0 atom stereocenters. The molecule has 2 aromatic carbocycles. The lowest BCUT2D eigenvalue weighted by atomic mass is 9.80. The van der Waals surface area contributed by atoms with Crippen LogP contribution in [0.1, 0.15) is 94.3 Å². The summed E-state index contributed by atoms with van der Waals surface area (Å²) < 4.78 is 78.9. The molecule has 1 aliphatic carbocycles. The van der Waals surface area contributed by atoms with E-state index >= 15 is 0 Å². The first-order valence-corrected chi connectivity index (χ1v) is 13.3. The zero-order chi connectivity index (χ0) is 26.8. The van der Waals surface area contributed by atoms with Crippen LogP contribution in [0.25, 0.3) is 0 Å². The third-order valence-corrected chi connectivity index (χ3v) is 7.06. The predicted octanol–water partition coefficient (Wildman–Crippen LogP) is 8.93. The van der Waals surface area contributed by atoms with Crippen molar-refractivity contribution in [1.82, 2.24) is 0 Å². The third-order valence-electron chi connectivity index (χ3n) is 7.06. The molecule has 37 heavy (non-hydrogen) atoms. The van der Waals surface area contributed by atoms with Gasteiger partial charge in [0.2, 0.25) is 0 Å². The maximum Gasteiger partial charge on any atom is 0.349 e. The minimum Gasteiger partial charge on any atom is -0.493 e. The highest BCUT2D eigenvalue weighted by Crippen LogP contribution is 2.33. The highest BCUT2D eigenvalue weighted by atomic mass is 19.2. The SMILES string of the molecule is CCCCCCCCCC1CCC(COc2cc(F)c(C(=O)Oc3cc(F)c(F)c(F)c3)c(F)c2)CC1. The highest BCUT2D eigenvalue weighted by molar-refractivity contribution is 5.91. The molecule has 0 aromatic heterocycles. The van der Waals surface area contributed by atoms with E-state index in [4.69, 9.17) is 4.74 Å². The minimum absolute atomic E-state index is 0.0596. The maximum absolute atomic E-state index is 14.5. The van der Waals surface area contributed by atoms with Gasteiger partial charge in [-0.25, -0.2) is 26.7 Å². The molecule has 0 spiro atoms. The van der Waals surface area contributed by atoms with Crippen molar-refractivity contribution in [3.63, 3.8) is 0 Å². The van der Waals surface area contributed by atoms with Crippen LogP contribution in [0.2, 0.25) is 0 Å². The number of carbonyl (C=O) groups excluding carboxylic acids is 1. The molecule has 0 unspecified atom stereocenters. The van der Waals surface area contributed by atoms with Crippen molar-refractivity contribution in [2.75, 3.05) is 6.61 Å². The largest absolute Gasteiger partial charge is 0.493 e. The molecule has 0 saturated heterocycles. The number of esters is 1. The summed E-state index contributed by atoms with van der Waals surface area (Å²) >= 11 is 0. The zero-order valence-electron chi connectivity index (χ0n) is 21.3. The molecule has 2 aromatic rings. The van der Waals surface area contributed by atoms with Crippen molar-refractivity contribution >= 4 is 5.97 Å². The van der Waals surface area contributed by atoms with Crippen LogP contribution in [-0.4, -0.2) is 12.6 Å². The second kappa shape index (κ2) is 14.3. The Morgan fingerprint density at radius 1 is 0.730 bits per heavy atom. The number of unbranched alkanes of at least 4 members (excludes halogenated alkanes) is 6. The van der Waals surface area contributed by atoms with Gasteiger partial charge in [0.25, 0.3) is 0 Å². The number of rotatable bonds is 13. The fourth-order valence-corrected chi connectivity index (χ4v) is 4.87. The highest BCUT2D eigenvalue weighted by Gasteiger charge is 2.24. The van der Waals surface area contributed by atoms with Crippen LogP contribution >= 0.6 is 0 Å². The van der Waals surface area contributed by atoms with Crippen molar-refractivity contribution in [1.29, 1.82) is 0 Å². The van der Waals surface area contributed by atoms with Crippen LogP contribution in [-0.2, 0) is 0 Å². The molecule has 1 saturated carbocycles. The smallest absolute Gasteiger partial charge is 0.349 e. The minimum atomic E-state index is -1.75. The van der Waals surface area contributed by atoms with Gasteiger partial charge in [-0.3, -0.25) is 0 Å². The van der Waals surface area contributed by atoms with Gasteiger partial charge in [0.1, 0.15) is 28.7 Å². The topological polar surface area (TPSA) is 35.5 Å². The molecule has 3 rings (SSSR count). The Hall–Kier alpha value is -2.64. The molecule has 1 aliphatic rings. The van der Waals surface area contributed by atoms with Crippen molar-refractivity contribution in [2.45, 2.75) is 84.0 Å². The van der Waals surface area contributed by atoms with E-state index in [1.54, 1.807) is 0 Å². The van der Waals surface area contributed by atoms with Gasteiger partial charge in [-0.2, -0.15) is 0 Å². The van der Waals surface area contributed by atoms with Gasteiger partial charge >= 0.3 is 5.97 Å². The van der Waals surface area contributed by atoms with Gasteiger partial charge < -0.3 is 9.47 Å². The molecule has 0 bridgehead atoms. The lowest BCUT2D eigenvalue weighted by Gasteiger charge is -2.28. The normalized spacial score (nSPS) is 17.6. The summed E-state index contributed by atoms with van der Waals surface area (Å²) in [4.78, 5) is 12.2. The summed E-state index contributed by atoms with van der Waals surface area (Å²) in [5.41, 5.74) is -1.04. The van der Waals surface area contributed by atoms with Gasteiger partial charge in [0.15, 0.2) is 17.5 Å². The summed E-state index contributed by atoms with van der Waals surface area (Å²) in [7, 11) is 0. The van der Waals surface area contributed by atoms with E-state index in [0.717, 1.165) is 43.7 Å². The molecule has 204 valence electrons. The van der Waals surface area contributed by atoms with E-state index in [0.29, 0.717) is 24.7 Å². The summed E-state index contributed by atoms with van der Waals surface area (Å²) in [6.07, 6.45) is 14.7. The van der Waals surface area contributed by atoms with E-state index < -0.39 is 46.4 Å². The Morgan fingerprint density at radius 2 is 1.24 bits per heavy atom. The number of halogens is 5. The number of carbonyl (C=O) groups is 1. The number of hydrogen-bond acceptors (Lipinski definition) is 3. The van der Waals surface area contributed by atoms with Gasteiger partial charge in [-0.05, 0) is 24.7 Å². The summed E-state index contributed by atoms with van der Waals surface area (Å²) in [6.45, 7) is 2.54. The summed E-state index contributed by atoms with van der Waals surface area (Å²) in [5, 5.41) is 0. The molecule has 0 heterocycles. The standard InChI is InChI=1S/C29H35F5O3/c1-2-3-4-5-6-7-8-9-19-10-12-20(13-11-19)18-36-21-14-23(30)27(24(31)15-21)29(35)37-22-16-25(32)28(34)26(33)17-22/h14-17,19-20H,2-13,18H2,1H3. The molecule has 1 fully saturated rings. The molecule has 3 nitrogen and oxygen atoms in total. The van der Waals surface area contributed by atoms with Gasteiger partial charge in [0.05, 0.1) is 6.61 Å². The first kappa shape index (κ1) is 28.9. The lowest BCUT2D eigenvalue weighted by Crippen LogP contribution is -2.20. The second-order valence-corrected chi connectivity index (χ2v) is 9.96. The van der Waals surface area contributed by atoms with E-state index in [-0.39, 0.29) is 5.75 Å². The molecule has 0 radical (unpaired) electrons. The number of benzene rings is 2. The molecule has 0 aliphatic heterocycles. The predicted molar refractivity (Wildman–Crippen MR) is 131 cm³/mol. The number of ether oxygens (including phenoxy) is 2. The van der Waals surface area contributed by atoms with Crippen LogP contribution in [0.15, 0.2) is 24.3 Å². The monoisotopic (exact) mass is 526 g/mol. The Bertz CT molecular complexity index is 988. The van der Waals surface area contributed by atoms with E-state index in [2.05, 4.69) is 11.7 Å². The summed E-state index contributed by atoms with van der Waals surface area (Å²) in [5.74, 6) is -8.67. The fourth-order valence-electron chi connectivity index (χ4n) is 4.87. The molecule has 0 amide bonds. The second-order valence-electron chi connectivity index (χ2n) is 9.96. The molecule has 0 N–H and O–H groups in total. The van der Waals surface area contributed by atoms with Crippen LogP contribution in [0.5, 0.6) is 11.5 Å². The van der Waals surface area contributed by atoms with Gasteiger partial charge in [-0.15, -0.1) is 0 Å². The van der Waals surface area contributed by atoms with E-state index in [9.17, 15) is 26.7 Å². The third kappa shape index (κ3) is 8.71. The zero-order valence-corrected chi connectivity index (χ0v) is 21.3. The lowest BCUT2D eigenvalue weighted by molar-refractivity contribution is 0.0723. The van der Waals surface area contributed by atoms with E-state index in [1.807, 2.05) is 0 Å². The first-order valence-electron chi connectivity index (χ1n) is 13.3. The molecular formula is C29H35F5O3. The Morgan fingerprint density at radius 3 is 1.84 bits per heavy atom. The average molecular weight is 527 g/mol. The Balaban J connectivity index is 1.43. The Labute approximate surface area is 215 Å². The quantitative estimate of drug-likeness (QED) is 0.0859. The molecular weight excluding hydrogens is 491 g/mol. The van der Waals surface area contributed by atoms with Gasteiger partial charge in [0, 0.05) is 24.3 Å². The van der Waals surface area contributed by atoms with Crippen LogP contribution in [0.3, 0.4) is 0 Å². The molecule has 8 heteroatoms. The van der Waals surface area contributed by atoms with Gasteiger partial charge in [-0.1, -0.05) is 71.1 Å². The van der Waals surface area contributed by atoms with E-state index in [1.165, 1.54) is 51.4 Å². The van der Waals surface area contributed by atoms with Crippen LogP contribution < -0.4 is 9.47 Å². The Kier molecular flexibility index (Phi) is 11.2. The maximum atomic E-state index is 14.5. The van der Waals surface area contributed by atoms with Crippen molar-refractivity contribution in [3.8, 4) is 11.5 Å². The fraction of sp³-hybridized carbons (Fsp3) is 0.552. The van der Waals surface area contributed by atoms with Crippen LogP contribution in [0, 0.1) is 40.9 Å². The number of hydrogen-bond donors (Lipinski definition) is 0. The van der Waals surface area contributed by atoms with Crippen LogP contribution in [0.4, 0.5) is 22.0 Å². The van der Waals surface area contributed by atoms with Crippen molar-refractivity contribution in [3.05, 3.63) is 58.9 Å². The van der Waals surface area contributed by atoms with Crippen molar-refractivity contribution in [2.24, 2.45) is 11.8 Å². The summed E-state index contributed by atoms with van der Waals surface area (Å²) in [6, 6.07) is 2.56.